The molecule has 2 heterocycles. The van der Waals surface area contributed by atoms with Crippen LogP contribution in [0.3, 0.4) is 0 Å². The van der Waals surface area contributed by atoms with Gasteiger partial charge in [0.1, 0.15) is 5.82 Å². The van der Waals surface area contributed by atoms with Crippen LogP contribution in [0.25, 0.3) is 21.8 Å². The molecule has 4 nitrogen and oxygen atoms in total. The number of aromatic nitrogens is 2. The van der Waals surface area contributed by atoms with Crippen molar-refractivity contribution in [3.05, 3.63) is 107 Å². The van der Waals surface area contributed by atoms with E-state index in [4.69, 9.17) is 4.98 Å². The Morgan fingerprint density at radius 1 is 0.853 bits per heavy atom. The Morgan fingerprint density at radius 2 is 1.59 bits per heavy atom. The molecule has 5 aromatic rings. The van der Waals surface area contributed by atoms with Crippen molar-refractivity contribution in [1.82, 2.24) is 9.55 Å². The van der Waals surface area contributed by atoms with Crippen molar-refractivity contribution >= 4 is 33.4 Å². The fourth-order valence-corrected chi connectivity index (χ4v) is 5.33. The number of carbonyl (C=O) groups is 1. The van der Waals surface area contributed by atoms with Gasteiger partial charge in [-0.15, -0.1) is 0 Å². The van der Waals surface area contributed by atoms with Gasteiger partial charge < -0.3 is 9.47 Å². The second-order valence-corrected chi connectivity index (χ2v) is 9.48. The quantitative estimate of drug-likeness (QED) is 0.322. The first-order chi connectivity index (χ1) is 16.5. The van der Waals surface area contributed by atoms with E-state index in [0.717, 1.165) is 29.1 Å². The summed E-state index contributed by atoms with van der Waals surface area (Å²) < 4.78 is 2.31. The van der Waals surface area contributed by atoms with Crippen LogP contribution in [0.4, 0.5) is 5.69 Å². The molecule has 1 amide bonds. The molecule has 1 aliphatic heterocycles. The molecule has 4 aromatic carbocycles. The molecule has 34 heavy (non-hydrogen) atoms. The Labute approximate surface area is 199 Å². The molecule has 1 aliphatic rings. The second-order valence-electron chi connectivity index (χ2n) is 9.48. The van der Waals surface area contributed by atoms with Crippen LogP contribution >= 0.6 is 0 Å². The molecule has 6 rings (SSSR count). The zero-order valence-electron chi connectivity index (χ0n) is 19.5. The van der Waals surface area contributed by atoms with Crippen molar-refractivity contribution in [2.75, 3.05) is 11.4 Å². The van der Waals surface area contributed by atoms with E-state index < -0.39 is 0 Å². The van der Waals surface area contributed by atoms with Gasteiger partial charge in [0.2, 0.25) is 5.91 Å². The Bertz CT molecular complexity index is 1530. The maximum absolute atomic E-state index is 13.1. The number of aryl methyl sites for hydroxylation is 2. The molecular formula is C30H27N3O. The van der Waals surface area contributed by atoms with Crippen LogP contribution in [-0.2, 0) is 11.3 Å². The number of nitrogens with zero attached hydrogens (tertiary/aromatic N) is 3. The molecule has 1 unspecified atom stereocenters. The Morgan fingerprint density at radius 3 is 2.41 bits per heavy atom. The lowest BCUT2D eigenvalue weighted by atomic mass is 10.1. The van der Waals surface area contributed by atoms with Crippen LogP contribution in [0, 0.1) is 13.8 Å². The molecule has 1 saturated heterocycles. The van der Waals surface area contributed by atoms with E-state index >= 15 is 0 Å². The standard InChI is InChI=1S/C30H27N3O/c1-20-13-21(2)15-26(14-20)32-19-25(17-29(32)34)30-31-27-9-5-6-10-28(27)33(30)18-22-11-12-23-7-3-4-8-24(23)16-22/h3-16,25H,17-19H2,1-2H3. The number of hydrogen-bond acceptors (Lipinski definition) is 2. The summed E-state index contributed by atoms with van der Waals surface area (Å²) in [6, 6.07) is 29.7. The SMILES string of the molecule is Cc1cc(C)cc(N2CC(c3nc4ccccc4n3Cc3ccc4ccccc4c3)CC2=O)c1. The van der Waals surface area contributed by atoms with E-state index in [1.54, 1.807) is 0 Å². The van der Waals surface area contributed by atoms with E-state index in [-0.39, 0.29) is 11.8 Å². The van der Waals surface area contributed by atoms with Crippen molar-refractivity contribution in [3.63, 3.8) is 0 Å². The van der Waals surface area contributed by atoms with Gasteiger partial charge in [0.15, 0.2) is 0 Å². The zero-order chi connectivity index (χ0) is 23.2. The highest BCUT2D eigenvalue weighted by atomic mass is 16.2. The smallest absolute Gasteiger partial charge is 0.227 e. The lowest BCUT2D eigenvalue weighted by Crippen LogP contribution is -2.24. The molecular weight excluding hydrogens is 418 g/mol. The lowest BCUT2D eigenvalue weighted by molar-refractivity contribution is -0.117. The van der Waals surface area contributed by atoms with Gasteiger partial charge in [-0.25, -0.2) is 4.98 Å². The molecule has 0 aliphatic carbocycles. The predicted molar refractivity (Wildman–Crippen MR) is 138 cm³/mol. The molecule has 1 fully saturated rings. The highest BCUT2D eigenvalue weighted by Gasteiger charge is 2.35. The van der Waals surface area contributed by atoms with Crippen LogP contribution in [-0.4, -0.2) is 22.0 Å². The number of amides is 1. The Hall–Kier alpha value is -3.92. The van der Waals surface area contributed by atoms with Crippen LogP contribution in [0.5, 0.6) is 0 Å². The summed E-state index contributed by atoms with van der Waals surface area (Å²) in [5.74, 6) is 1.22. The second kappa shape index (κ2) is 8.14. The highest BCUT2D eigenvalue weighted by Crippen LogP contribution is 2.34. The van der Waals surface area contributed by atoms with E-state index in [1.807, 2.05) is 11.0 Å². The third-order valence-corrected chi connectivity index (χ3v) is 6.85. The van der Waals surface area contributed by atoms with E-state index in [1.165, 1.54) is 27.5 Å². The zero-order valence-corrected chi connectivity index (χ0v) is 19.5. The number of rotatable bonds is 4. The van der Waals surface area contributed by atoms with Crippen LogP contribution in [0.1, 0.15) is 34.9 Å². The first-order valence-corrected chi connectivity index (χ1v) is 11.9. The summed E-state index contributed by atoms with van der Waals surface area (Å²) in [5, 5.41) is 2.48. The van der Waals surface area contributed by atoms with E-state index in [0.29, 0.717) is 13.0 Å². The maximum Gasteiger partial charge on any atom is 0.227 e. The summed E-state index contributed by atoms with van der Waals surface area (Å²) >= 11 is 0. The van der Waals surface area contributed by atoms with Crippen molar-refractivity contribution in [3.8, 4) is 0 Å². The van der Waals surface area contributed by atoms with E-state index in [2.05, 4.69) is 97.3 Å². The number of fused-ring (bicyclic) bond motifs is 2. The third-order valence-electron chi connectivity index (χ3n) is 6.85. The summed E-state index contributed by atoms with van der Waals surface area (Å²) in [4.78, 5) is 20.1. The summed E-state index contributed by atoms with van der Waals surface area (Å²) in [5.41, 5.74) is 6.67. The van der Waals surface area contributed by atoms with Crippen molar-refractivity contribution in [2.24, 2.45) is 0 Å². The number of para-hydroxylation sites is 2. The predicted octanol–water partition coefficient (Wildman–Crippen LogP) is 6.38. The number of imidazole rings is 1. The van der Waals surface area contributed by atoms with Crippen molar-refractivity contribution in [1.29, 1.82) is 0 Å². The van der Waals surface area contributed by atoms with Gasteiger partial charge in [-0.3, -0.25) is 4.79 Å². The molecule has 1 atom stereocenters. The minimum Gasteiger partial charge on any atom is -0.323 e. The molecule has 168 valence electrons. The van der Waals surface area contributed by atoms with Gasteiger partial charge in [-0.05, 0) is 71.6 Å². The first kappa shape index (κ1) is 20.7. The number of benzene rings is 4. The van der Waals surface area contributed by atoms with Gasteiger partial charge in [0.05, 0.1) is 11.0 Å². The molecule has 0 bridgehead atoms. The average molecular weight is 446 g/mol. The fourth-order valence-electron chi connectivity index (χ4n) is 5.33. The van der Waals surface area contributed by atoms with Crippen LogP contribution in [0.15, 0.2) is 84.9 Å². The first-order valence-electron chi connectivity index (χ1n) is 11.9. The minimum absolute atomic E-state index is 0.0566. The third kappa shape index (κ3) is 3.65. The van der Waals surface area contributed by atoms with Gasteiger partial charge in [0.25, 0.3) is 0 Å². The van der Waals surface area contributed by atoms with Gasteiger partial charge >= 0.3 is 0 Å². The highest BCUT2D eigenvalue weighted by molar-refractivity contribution is 5.96. The molecule has 0 N–H and O–H groups in total. The fraction of sp³-hybridized carbons (Fsp3) is 0.200. The Balaban J connectivity index is 1.39. The van der Waals surface area contributed by atoms with E-state index in [9.17, 15) is 4.79 Å². The van der Waals surface area contributed by atoms with Gasteiger partial charge in [-0.1, -0.05) is 54.6 Å². The molecule has 0 saturated carbocycles. The summed E-state index contributed by atoms with van der Waals surface area (Å²) in [7, 11) is 0. The monoisotopic (exact) mass is 445 g/mol. The number of hydrogen-bond donors (Lipinski definition) is 0. The molecule has 4 heteroatoms. The topological polar surface area (TPSA) is 38.1 Å². The molecule has 1 aromatic heterocycles. The number of carbonyl (C=O) groups excluding carboxylic acids is 1. The average Bonchev–Trinajstić information content (AvgIpc) is 3.39. The largest absolute Gasteiger partial charge is 0.323 e. The summed E-state index contributed by atoms with van der Waals surface area (Å²) in [6.45, 7) is 5.55. The lowest BCUT2D eigenvalue weighted by Gasteiger charge is -2.19. The van der Waals surface area contributed by atoms with Gasteiger partial charge in [0, 0.05) is 31.1 Å². The minimum atomic E-state index is 0.0566. The van der Waals surface area contributed by atoms with Crippen molar-refractivity contribution < 1.29 is 4.79 Å². The van der Waals surface area contributed by atoms with Crippen LogP contribution < -0.4 is 4.90 Å². The number of anilines is 1. The normalized spacial score (nSPS) is 16.1. The Kier molecular flexibility index (Phi) is 4.95. The van der Waals surface area contributed by atoms with Crippen molar-refractivity contribution in [2.45, 2.75) is 32.7 Å². The molecule has 0 radical (unpaired) electrons. The summed E-state index contributed by atoms with van der Waals surface area (Å²) in [6.07, 6.45) is 0.480. The maximum atomic E-state index is 13.1. The van der Waals surface area contributed by atoms with Crippen LogP contribution in [0.2, 0.25) is 0 Å². The molecule has 0 spiro atoms. The van der Waals surface area contributed by atoms with Gasteiger partial charge in [-0.2, -0.15) is 0 Å².